The van der Waals surface area contributed by atoms with Crippen LogP contribution in [0.3, 0.4) is 0 Å². The quantitative estimate of drug-likeness (QED) is 0.859. The van der Waals surface area contributed by atoms with Gasteiger partial charge in [0.25, 0.3) is 0 Å². The minimum atomic E-state index is 0.827. The number of halogens is 1. The Morgan fingerprint density at radius 3 is 2.76 bits per heavy atom. The highest BCUT2D eigenvalue weighted by Gasteiger charge is 2.06. The SMILES string of the molecule is CCNCc1cc(-c2sccc2C)ccc1Cl. The molecule has 0 saturated carbocycles. The van der Waals surface area contributed by atoms with E-state index in [0.29, 0.717) is 0 Å². The van der Waals surface area contributed by atoms with Crippen LogP contribution in [0.4, 0.5) is 0 Å². The first-order valence-electron chi connectivity index (χ1n) is 5.76. The molecule has 0 atom stereocenters. The van der Waals surface area contributed by atoms with Gasteiger partial charge in [-0.2, -0.15) is 0 Å². The van der Waals surface area contributed by atoms with Gasteiger partial charge in [-0.15, -0.1) is 11.3 Å². The average Bonchev–Trinajstić information content (AvgIpc) is 2.75. The summed E-state index contributed by atoms with van der Waals surface area (Å²) < 4.78 is 0. The Morgan fingerprint density at radius 2 is 2.12 bits per heavy atom. The molecule has 3 heteroatoms. The van der Waals surface area contributed by atoms with Crippen LogP contribution in [0.5, 0.6) is 0 Å². The summed E-state index contributed by atoms with van der Waals surface area (Å²) in [6.07, 6.45) is 0. The summed E-state index contributed by atoms with van der Waals surface area (Å²) in [4.78, 5) is 1.33. The Bertz CT molecular complexity index is 505. The molecule has 90 valence electrons. The maximum atomic E-state index is 6.20. The van der Waals surface area contributed by atoms with Gasteiger partial charge in [-0.05, 0) is 53.7 Å². The van der Waals surface area contributed by atoms with Crippen molar-refractivity contribution < 1.29 is 0 Å². The third-order valence-electron chi connectivity index (χ3n) is 2.74. The second-order valence-electron chi connectivity index (χ2n) is 4.02. The van der Waals surface area contributed by atoms with Crippen molar-refractivity contribution in [2.75, 3.05) is 6.54 Å². The summed E-state index contributed by atoms with van der Waals surface area (Å²) in [5, 5.41) is 6.28. The van der Waals surface area contributed by atoms with Gasteiger partial charge in [0.15, 0.2) is 0 Å². The van der Waals surface area contributed by atoms with E-state index in [-0.39, 0.29) is 0 Å². The standard InChI is InChI=1S/C14H16ClNS/c1-3-16-9-12-8-11(4-5-13(12)15)14-10(2)6-7-17-14/h4-8,16H,3,9H2,1-2H3. The molecule has 0 aliphatic rings. The van der Waals surface area contributed by atoms with Crippen LogP contribution in [0, 0.1) is 6.92 Å². The van der Waals surface area contributed by atoms with Crippen molar-refractivity contribution in [2.24, 2.45) is 0 Å². The van der Waals surface area contributed by atoms with Crippen LogP contribution in [-0.2, 0) is 6.54 Å². The highest BCUT2D eigenvalue weighted by molar-refractivity contribution is 7.13. The molecular weight excluding hydrogens is 250 g/mol. The van der Waals surface area contributed by atoms with E-state index in [2.05, 4.69) is 42.7 Å². The van der Waals surface area contributed by atoms with E-state index in [4.69, 9.17) is 11.6 Å². The number of rotatable bonds is 4. The van der Waals surface area contributed by atoms with Gasteiger partial charge in [0, 0.05) is 16.4 Å². The fourth-order valence-corrected chi connectivity index (χ4v) is 2.89. The van der Waals surface area contributed by atoms with Crippen LogP contribution >= 0.6 is 22.9 Å². The zero-order valence-electron chi connectivity index (χ0n) is 10.1. The van der Waals surface area contributed by atoms with Crippen LogP contribution < -0.4 is 5.32 Å². The fourth-order valence-electron chi connectivity index (χ4n) is 1.78. The number of aryl methyl sites for hydroxylation is 1. The lowest BCUT2D eigenvalue weighted by molar-refractivity contribution is 0.727. The predicted molar refractivity (Wildman–Crippen MR) is 76.9 cm³/mol. The molecule has 2 rings (SSSR count). The molecule has 0 spiro atoms. The van der Waals surface area contributed by atoms with Crippen LogP contribution in [0.15, 0.2) is 29.6 Å². The summed E-state index contributed by atoms with van der Waals surface area (Å²) in [5.74, 6) is 0. The van der Waals surface area contributed by atoms with Crippen LogP contribution in [0.1, 0.15) is 18.1 Å². The minimum absolute atomic E-state index is 0.827. The second-order valence-corrected chi connectivity index (χ2v) is 5.34. The van der Waals surface area contributed by atoms with Crippen molar-refractivity contribution in [3.05, 3.63) is 45.8 Å². The summed E-state index contributed by atoms with van der Waals surface area (Å²) >= 11 is 7.97. The highest BCUT2D eigenvalue weighted by Crippen LogP contribution is 2.31. The average molecular weight is 266 g/mol. The Labute approximate surface area is 111 Å². The van der Waals surface area contributed by atoms with Crippen molar-refractivity contribution in [1.82, 2.24) is 5.32 Å². The number of thiophene rings is 1. The van der Waals surface area contributed by atoms with E-state index in [1.54, 1.807) is 11.3 Å². The van der Waals surface area contributed by atoms with E-state index in [1.807, 2.05) is 6.07 Å². The topological polar surface area (TPSA) is 12.0 Å². The number of hydrogen-bond donors (Lipinski definition) is 1. The molecule has 1 nitrogen and oxygen atoms in total. The molecule has 0 fully saturated rings. The maximum absolute atomic E-state index is 6.20. The largest absolute Gasteiger partial charge is 0.313 e. The van der Waals surface area contributed by atoms with Crippen molar-refractivity contribution in [3.63, 3.8) is 0 Å². The zero-order chi connectivity index (χ0) is 12.3. The molecule has 0 unspecified atom stereocenters. The molecule has 0 saturated heterocycles. The first-order chi connectivity index (χ1) is 8.22. The third-order valence-corrected chi connectivity index (χ3v) is 4.17. The Balaban J connectivity index is 2.34. The Morgan fingerprint density at radius 1 is 1.29 bits per heavy atom. The summed E-state index contributed by atoms with van der Waals surface area (Å²) in [5.41, 5.74) is 3.75. The summed E-state index contributed by atoms with van der Waals surface area (Å²) in [7, 11) is 0. The van der Waals surface area contributed by atoms with Gasteiger partial charge in [0.2, 0.25) is 0 Å². The van der Waals surface area contributed by atoms with Gasteiger partial charge in [-0.1, -0.05) is 24.6 Å². The lowest BCUT2D eigenvalue weighted by Crippen LogP contribution is -2.12. The molecule has 2 aromatic rings. The minimum Gasteiger partial charge on any atom is -0.313 e. The zero-order valence-corrected chi connectivity index (χ0v) is 11.7. The van der Waals surface area contributed by atoms with E-state index >= 15 is 0 Å². The fraction of sp³-hybridized carbons (Fsp3) is 0.286. The van der Waals surface area contributed by atoms with Crippen LogP contribution in [0.2, 0.25) is 5.02 Å². The molecule has 1 aromatic carbocycles. The van der Waals surface area contributed by atoms with E-state index in [0.717, 1.165) is 18.1 Å². The van der Waals surface area contributed by atoms with Crippen LogP contribution in [-0.4, -0.2) is 6.54 Å². The van der Waals surface area contributed by atoms with Crippen molar-refractivity contribution in [2.45, 2.75) is 20.4 Å². The summed E-state index contributed by atoms with van der Waals surface area (Å²) in [6.45, 7) is 6.03. The monoisotopic (exact) mass is 265 g/mol. The Hall–Kier alpha value is -0.830. The van der Waals surface area contributed by atoms with E-state index < -0.39 is 0 Å². The van der Waals surface area contributed by atoms with Crippen molar-refractivity contribution in [3.8, 4) is 10.4 Å². The van der Waals surface area contributed by atoms with Gasteiger partial charge in [0.1, 0.15) is 0 Å². The van der Waals surface area contributed by atoms with Crippen molar-refractivity contribution >= 4 is 22.9 Å². The first-order valence-corrected chi connectivity index (χ1v) is 7.01. The molecule has 0 amide bonds. The molecule has 0 bridgehead atoms. The predicted octanol–water partition coefficient (Wildman–Crippen LogP) is 4.49. The number of benzene rings is 1. The van der Waals surface area contributed by atoms with E-state index in [9.17, 15) is 0 Å². The van der Waals surface area contributed by atoms with Gasteiger partial charge in [-0.25, -0.2) is 0 Å². The van der Waals surface area contributed by atoms with Gasteiger partial charge >= 0.3 is 0 Å². The molecule has 0 aliphatic heterocycles. The van der Waals surface area contributed by atoms with Gasteiger partial charge < -0.3 is 5.32 Å². The number of hydrogen-bond acceptors (Lipinski definition) is 2. The molecule has 1 N–H and O–H groups in total. The molecule has 1 aromatic heterocycles. The molecule has 0 radical (unpaired) electrons. The van der Waals surface area contributed by atoms with Gasteiger partial charge in [-0.3, -0.25) is 0 Å². The van der Waals surface area contributed by atoms with Crippen molar-refractivity contribution in [1.29, 1.82) is 0 Å². The second kappa shape index (κ2) is 5.67. The third kappa shape index (κ3) is 2.89. The van der Waals surface area contributed by atoms with Crippen LogP contribution in [0.25, 0.3) is 10.4 Å². The molecule has 17 heavy (non-hydrogen) atoms. The normalized spacial score (nSPS) is 10.8. The highest BCUT2D eigenvalue weighted by atomic mass is 35.5. The van der Waals surface area contributed by atoms with E-state index in [1.165, 1.54) is 21.6 Å². The molecule has 0 aliphatic carbocycles. The molecule has 1 heterocycles. The first kappa shape index (κ1) is 12.6. The molecular formula is C14H16ClNS. The van der Waals surface area contributed by atoms with Gasteiger partial charge in [0.05, 0.1) is 0 Å². The smallest absolute Gasteiger partial charge is 0.0451 e. The lowest BCUT2D eigenvalue weighted by atomic mass is 10.1. The summed E-state index contributed by atoms with van der Waals surface area (Å²) in [6, 6.07) is 8.42. The Kier molecular flexibility index (Phi) is 4.21. The lowest BCUT2D eigenvalue weighted by Gasteiger charge is -2.08. The number of nitrogens with one attached hydrogen (secondary N) is 1. The maximum Gasteiger partial charge on any atom is 0.0451 e.